The van der Waals surface area contributed by atoms with Gasteiger partial charge in [-0.25, -0.2) is 4.98 Å². The zero-order valence-corrected chi connectivity index (χ0v) is 19.3. The monoisotopic (exact) mass is 472 g/mol. The molecule has 2 aromatic heterocycles. The molecule has 1 aliphatic heterocycles. The van der Waals surface area contributed by atoms with Crippen LogP contribution in [0.1, 0.15) is 34.7 Å². The molecule has 4 aromatic rings. The number of phenolic OH excluding ortho intramolecular Hbond substituents is 2. The summed E-state index contributed by atoms with van der Waals surface area (Å²) in [5, 5.41) is 20.2. The minimum Gasteiger partial charge on any atom is -0.504 e. The molecular formula is C27H24N2O6. The van der Waals surface area contributed by atoms with E-state index in [0.717, 1.165) is 16.5 Å². The molecule has 0 aliphatic carbocycles. The maximum Gasteiger partial charge on any atom is 0.306 e. The Kier molecular flexibility index (Phi) is 5.64. The number of hydrogen-bond acceptors (Lipinski definition) is 7. The number of aromatic hydroxyl groups is 2. The molecule has 0 spiro atoms. The van der Waals surface area contributed by atoms with Crippen LogP contribution in [0.5, 0.6) is 23.1 Å². The highest BCUT2D eigenvalue weighted by Gasteiger charge is 2.34. The van der Waals surface area contributed by atoms with Crippen LogP contribution in [-0.4, -0.2) is 32.8 Å². The highest BCUT2D eigenvalue weighted by Crippen LogP contribution is 2.44. The van der Waals surface area contributed by atoms with Crippen molar-refractivity contribution in [1.29, 1.82) is 0 Å². The lowest BCUT2D eigenvalue weighted by molar-refractivity contribution is -0.140. The normalized spacial score (nSPS) is 14.2. The van der Waals surface area contributed by atoms with E-state index >= 15 is 0 Å². The van der Waals surface area contributed by atoms with Crippen LogP contribution in [0.3, 0.4) is 0 Å². The number of benzene rings is 2. The summed E-state index contributed by atoms with van der Waals surface area (Å²) in [5.41, 5.74) is 3.02. The molecule has 8 nitrogen and oxygen atoms in total. The van der Waals surface area contributed by atoms with Gasteiger partial charge >= 0.3 is 5.97 Å². The second kappa shape index (κ2) is 8.79. The molecule has 0 radical (unpaired) electrons. The lowest BCUT2D eigenvalue weighted by atomic mass is 9.86. The van der Waals surface area contributed by atoms with Crippen LogP contribution in [0.25, 0.3) is 10.9 Å². The molecule has 2 N–H and O–H groups in total. The van der Waals surface area contributed by atoms with E-state index in [4.69, 9.17) is 9.47 Å². The number of aryl methyl sites for hydroxylation is 2. The number of ether oxygens (including phenoxy) is 2. The number of aromatic nitrogens is 2. The van der Waals surface area contributed by atoms with Gasteiger partial charge in [0.1, 0.15) is 5.75 Å². The third-order valence-electron chi connectivity index (χ3n) is 6.42. The molecule has 8 heteroatoms. The van der Waals surface area contributed by atoms with Crippen molar-refractivity contribution in [2.75, 3.05) is 7.11 Å². The molecule has 0 saturated carbocycles. The van der Waals surface area contributed by atoms with Gasteiger partial charge in [-0.05, 0) is 43.2 Å². The zero-order chi connectivity index (χ0) is 24.7. The van der Waals surface area contributed by atoms with Crippen molar-refractivity contribution in [1.82, 2.24) is 9.55 Å². The first kappa shape index (κ1) is 22.5. The Bertz CT molecular complexity index is 1520. The highest BCUT2D eigenvalue weighted by molar-refractivity contribution is 5.81. The number of carbonyl (C=O) groups excluding carboxylic acids is 1. The first-order valence-corrected chi connectivity index (χ1v) is 11.2. The molecule has 0 unspecified atom stereocenters. The first-order chi connectivity index (χ1) is 16.9. The summed E-state index contributed by atoms with van der Waals surface area (Å²) < 4.78 is 12.7. The van der Waals surface area contributed by atoms with Crippen LogP contribution in [0.2, 0.25) is 0 Å². The van der Waals surface area contributed by atoms with Gasteiger partial charge < -0.3 is 24.3 Å². The predicted molar refractivity (Wildman–Crippen MR) is 129 cm³/mol. The van der Waals surface area contributed by atoms with Crippen molar-refractivity contribution in [3.05, 3.63) is 87.3 Å². The summed E-state index contributed by atoms with van der Waals surface area (Å²) in [5.74, 6) is -0.654. The van der Waals surface area contributed by atoms with Gasteiger partial charge in [0.05, 0.1) is 24.6 Å². The first-order valence-electron chi connectivity index (χ1n) is 11.2. The van der Waals surface area contributed by atoms with Crippen LogP contribution in [0, 0.1) is 6.92 Å². The Balaban J connectivity index is 1.59. The van der Waals surface area contributed by atoms with E-state index in [1.54, 1.807) is 16.7 Å². The minimum atomic E-state index is -0.574. The van der Waals surface area contributed by atoms with Crippen molar-refractivity contribution in [2.24, 2.45) is 0 Å². The molecule has 0 fully saturated rings. The van der Waals surface area contributed by atoms with Gasteiger partial charge in [0, 0.05) is 35.2 Å². The lowest BCUT2D eigenvalue weighted by Gasteiger charge is -2.28. The lowest BCUT2D eigenvalue weighted by Crippen LogP contribution is -2.31. The number of carbonyl (C=O) groups is 1. The summed E-state index contributed by atoms with van der Waals surface area (Å²) in [6, 6.07) is 15.9. The molecule has 0 saturated heterocycles. The second-order valence-electron chi connectivity index (χ2n) is 8.60. The number of rotatable bonds is 5. The van der Waals surface area contributed by atoms with Gasteiger partial charge in [-0.1, -0.05) is 24.3 Å². The molecule has 1 atom stereocenters. The maximum atomic E-state index is 13.8. The molecule has 3 heterocycles. The van der Waals surface area contributed by atoms with Crippen LogP contribution < -0.4 is 10.3 Å². The number of phenols is 2. The van der Waals surface area contributed by atoms with Gasteiger partial charge in [0.25, 0.3) is 5.56 Å². The summed E-state index contributed by atoms with van der Waals surface area (Å²) in [6.07, 6.45) is 0.433. The number of fused-ring (bicyclic) bond motifs is 3. The van der Waals surface area contributed by atoms with E-state index in [0.29, 0.717) is 41.4 Å². The molecule has 178 valence electrons. The molecule has 0 bridgehead atoms. The van der Waals surface area contributed by atoms with Gasteiger partial charge in [0.2, 0.25) is 5.88 Å². The largest absolute Gasteiger partial charge is 0.504 e. The summed E-state index contributed by atoms with van der Waals surface area (Å²) in [6.45, 7) is 2.16. The molecule has 2 aromatic carbocycles. The standard InChI is InChI=1S/C27H24N2O6/c1-15-11-23-25(27(33)29(15)10-9-16-7-8-21(30)22(31)12-16)18(14-24(32)34-2)19-13-17-5-3-4-6-20(17)28-26(19)35-23/h3-8,11-13,18,30-31H,9-10,14H2,1-2H3/t18-/m1/s1. The average Bonchev–Trinajstić information content (AvgIpc) is 2.84. The number of esters is 1. The van der Waals surface area contributed by atoms with Gasteiger partial charge in [-0.3, -0.25) is 9.59 Å². The van der Waals surface area contributed by atoms with E-state index < -0.39 is 11.9 Å². The second-order valence-corrected chi connectivity index (χ2v) is 8.60. The van der Waals surface area contributed by atoms with Crippen molar-refractivity contribution < 1.29 is 24.5 Å². The average molecular weight is 472 g/mol. The zero-order valence-electron chi connectivity index (χ0n) is 19.3. The van der Waals surface area contributed by atoms with Gasteiger partial charge in [-0.15, -0.1) is 0 Å². The number of pyridine rings is 2. The van der Waals surface area contributed by atoms with E-state index in [1.165, 1.54) is 19.2 Å². The summed E-state index contributed by atoms with van der Waals surface area (Å²) in [7, 11) is 1.32. The number of methoxy groups -OCH3 is 1. The molecule has 35 heavy (non-hydrogen) atoms. The van der Waals surface area contributed by atoms with Gasteiger partial charge in [-0.2, -0.15) is 0 Å². The number of nitrogens with zero attached hydrogens (tertiary/aromatic N) is 2. The molecule has 1 aliphatic rings. The SMILES string of the molecule is COC(=O)C[C@@H]1c2cc3ccccc3nc2Oc2cc(C)n(CCc3ccc(O)c(O)c3)c(=O)c21. The fourth-order valence-corrected chi connectivity index (χ4v) is 4.57. The van der Waals surface area contributed by atoms with E-state index in [-0.39, 0.29) is 23.5 Å². The van der Waals surface area contributed by atoms with Gasteiger partial charge in [0.15, 0.2) is 11.5 Å². The predicted octanol–water partition coefficient (Wildman–Crippen LogP) is 4.16. The van der Waals surface area contributed by atoms with E-state index in [9.17, 15) is 19.8 Å². The minimum absolute atomic E-state index is 0.0238. The van der Waals surface area contributed by atoms with Crippen LogP contribution in [0.15, 0.2) is 59.4 Å². The molecule has 5 rings (SSSR count). The topological polar surface area (TPSA) is 111 Å². The Morgan fingerprint density at radius 1 is 1.11 bits per heavy atom. The van der Waals surface area contributed by atoms with E-state index in [2.05, 4.69) is 4.98 Å². The number of para-hydroxylation sites is 1. The Morgan fingerprint density at radius 3 is 2.69 bits per heavy atom. The fraction of sp³-hybridized carbons (Fsp3) is 0.222. The third-order valence-corrected chi connectivity index (χ3v) is 6.42. The fourth-order valence-electron chi connectivity index (χ4n) is 4.57. The van der Waals surface area contributed by atoms with Crippen molar-refractivity contribution in [3.63, 3.8) is 0 Å². The number of hydrogen-bond donors (Lipinski definition) is 2. The Labute approximate surface area is 201 Å². The molecule has 0 amide bonds. The van der Waals surface area contributed by atoms with Crippen LogP contribution >= 0.6 is 0 Å². The van der Waals surface area contributed by atoms with Crippen LogP contribution in [-0.2, 0) is 22.5 Å². The van der Waals surface area contributed by atoms with Crippen molar-refractivity contribution in [2.45, 2.75) is 32.2 Å². The van der Waals surface area contributed by atoms with E-state index in [1.807, 2.05) is 37.3 Å². The van der Waals surface area contributed by atoms with Crippen molar-refractivity contribution in [3.8, 4) is 23.1 Å². The van der Waals surface area contributed by atoms with Crippen LogP contribution in [0.4, 0.5) is 0 Å². The summed E-state index contributed by atoms with van der Waals surface area (Å²) in [4.78, 5) is 30.8. The highest BCUT2D eigenvalue weighted by atomic mass is 16.5. The Morgan fingerprint density at radius 2 is 1.91 bits per heavy atom. The Hall–Kier alpha value is -4.33. The third kappa shape index (κ3) is 4.07. The van der Waals surface area contributed by atoms with Crippen molar-refractivity contribution >= 4 is 16.9 Å². The smallest absolute Gasteiger partial charge is 0.306 e. The summed E-state index contributed by atoms with van der Waals surface area (Å²) >= 11 is 0. The quantitative estimate of drug-likeness (QED) is 0.331. The molecular weight excluding hydrogens is 448 g/mol. The maximum absolute atomic E-state index is 13.8.